The summed E-state index contributed by atoms with van der Waals surface area (Å²) < 4.78 is 2.15. The predicted octanol–water partition coefficient (Wildman–Crippen LogP) is 5.15. The average Bonchev–Trinajstić information content (AvgIpc) is 3.23. The average molecular weight is 475 g/mol. The molecule has 162 valence electrons. The van der Waals surface area contributed by atoms with Crippen molar-refractivity contribution in [3.05, 3.63) is 81.4 Å². The number of nitrogens with zero attached hydrogens (tertiary/aromatic N) is 3. The van der Waals surface area contributed by atoms with E-state index >= 15 is 0 Å². The third-order valence-electron chi connectivity index (χ3n) is 5.69. The van der Waals surface area contributed by atoms with Gasteiger partial charge in [-0.05, 0) is 74.4 Å². The third kappa shape index (κ3) is 4.17. The summed E-state index contributed by atoms with van der Waals surface area (Å²) in [5.41, 5.74) is 5.10. The number of hydrogen-bond acceptors (Lipinski definition) is 3. The van der Waals surface area contributed by atoms with Crippen LogP contribution in [0.3, 0.4) is 0 Å². The minimum atomic E-state index is -0.0953. The van der Waals surface area contributed by atoms with Gasteiger partial charge in [-0.25, -0.2) is 0 Å². The Morgan fingerprint density at radius 3 is 2.65 bits per heavy atom. The molecule has 2 atom stereocenters. The van der Waals surface area contributed by atoms with Gasteiger partial charge in [0, 0.05) is 35.8 Å². The van der Waals surface area contributed by atoms with Crippen LogP contribution in [0.1, 0.15) is 41.1 Å². The minimum absolute atomic E-state index is 0.0556. The van der Waals surface area contributed by atoms with E-state index in [1.165, 1.54) is 0 Å². The van der Waals surface area contributed by atoms with Crippen molar-refractivity contribution in [1.29, 1.82) is 0 Å². The van der Waals surface area contributed by atoms with Crippen LogP contribution in [-0.4, -0.2) is 37.8 Å². The molecule has 1 aliphatic rings. The Balaban J connectivity index is 1.83. The molecule has 2 unspecified atom stereocenters. The zero-order valence-electron chi connectivity index (χ0n) is 17.3. The molecule has 0 aliphatic carbocycles. The molecule has 4 rings (SSSR count). The number of aliphatic hydroxyl groups excluding tert-OH is 1. The Bertz CT molecular complexity index is 1100. The van der Waals surface area contributed by atoms with Crippen LogP contribution < -0.4 is 5.32 Å². The summed E-state index contributed by atoms with van der Waals surface area (Å²) in [4.78, 5) is 6.74. The summed E-state index contributed by atoms with van der Waals surface area (Å²) >= 11 is 18.3. The SMILES string of the molecule is Cc1cc(C2C(c3ccccn3)NC(=S)N2CCCO)c(C)n1-c1ccc(Cl)cc1Cl. The fraction of sp³-hybridized carbons (Fsp3) is 0.304. The van der Waals surface area contributed by atoms with Crippen LogP contribution in [0.5, 0.6) is 0 Å². The molecule has 0 saturated carbocycles. The highest BCUT2D eigenvalue weighted by atomic mass is 35.5. The van der Waals surface area contributed by atoms with E-state index in [1.54, 1.807) is 12.3 Å². The molecule has 1 saturated heterocycles. The normalized spacial score (nSPS) is 18.5. The van der Waals surface area contributed by atoms with E-state index in [4.69, 9.17) is 35.4 Å². The van der Waals surface area contributed by atoms with Crippen molar-refractivity contribution < 1.29 is 5.11 Å². The summed E-state index contributed by atoms with van der Waals surface area (Å²) in [6, 6.07) is 13.5. The van der Waals surface area contributed by atoms with E-state index in [9.17, 15) is 5.11 Å². The smallest absolute Gasteiger partial charge is 0.170 e. The summed E-state index contributed by atoms with van der Waals surface area (Å²) in [5.74, 6) is 0. The highest BCUT2D eigenvalue weighted by Gasteiger charge is 2.41. The lowest BCUT2D eigenvalue weighted by atomic mass is 9.96. The predicted molar refractivity (Wildman–Crippen MR) is 129 cm³/mol. The van der Waals surface area contributed by atoms with Crippen LogP contribution in [0.2, 0.25) is 10.0 Å². The Hall–Kier alpha value is -2.12. The van der Waals surface area contributed by atoms with Gasteiger partial charge < -0.3 is 19.9 Å². The van der Waals surface area contributed by atoms with E-state index in [0.717, 1.165) is 28.3 Å². The first-order valence-corrected chi connectivity index (χ1v) is 11.3. The van der Waals surface area contributed by atoms with Crippen molar-refractivity contribution in [2.45, 2.75) is 32.4 Å². The highest BCUT2D eigenvalue weighted by Crippen LogP contribution is 2.42. The molecule has 0 spiro atoms. The summed E-state index contributed by atoms with van der Waals surface area (Å²) in [5, 5.41) is 14.7. The first-order chi connectivity index (χ1) is 14.9. The second-order valence-electron chi connectivity index (χ2n) is 7.65. The zero-order chi connectivity index (χ0) is 22.1. The summed E-state index contributed by atoms with van der Waals surface area (Å²) in [6.45, 7) is 4.92. The number of aromatic nitrogens is 2. The van der Waals surface area contributed by atoms with Crippen LogP contribution in [-0.2, 0) is 0 Å². The third-order valence-corrected chi connectivity index (χ3v) is 6.58. The number of pyridine rings is 1. The molecule has 1 fully saturated rings. The molecule has 0 amide bonds. The van der Waals surface area contributed by atoms with Gasteiger partial charge in [-0.15, -0.1) is 0 Å². The standard InChI is InChI=1S/C23H24Cl2N4OS/c1-14-12-17(15(2)29(14)20-8-7-16(24)13-18(20)25)22-21(19-6-3-4-9-26-19)27-23(31)28(22)10-5-11-30/h3-4,6-9,12-13,21-22,30H,5,10-11H2,1-2H3,(H,27,31). The Morgan fingerprint density at radius 1 is 1.16 bits per heavy atom. The van der Waals surface area contributed by atoms with Gasteiger partial charge in [0.15, 0.2) is 5.11 Å². The number of hydrogen-bond donors (Lipinski definition) is 2. The van der Waals surface area contributed by atoms with Crippen molar-refractivity contribution in [1.82, 2.24) is 19.8 Å². The molecule has 31 heavy (non-hydrogen) atoms. The molecular formula is C23H24Cl2N4OS. The number of rotatable bonds is 6. The number of benzene rings is 1. The van der Waals surface area contributed by atoms with Crippen LogP contribution >= 0.6 is 35.4 Å². The van der Waals surface area contributed by atoms with Gasteiger partial charge in [-0.1, -0.05) is 29.3 Å². The molecule has 2 N–H and O–H groups in total. The highest BCUT2D eigenvalue weighted by molar-refractivity contribution is 7.80. The number of thiocarbonyl (C=S) groups is 1. The van der Waals surface area contributed by atoms with Crippen LogP contribution in [0, 0.1) is 13.8 Å². The van der Waals surface area contributed by atoms with Crippen molar-refractivity contribution >= 4 is 40.5 Å². The van der Waals surface area contributed by atoms with Crippen molar-refractivity contribution in [3.8, 4) is 5.69 Å². The van der Waals surface area contributed by atoms with E-state index in [-0.39, 0.29) is 18.7 Å². The van der Waals surface area contributed by atoms with E-state index < -0.39 is 0 Å². The van der Waals surface area contributed by atoms with Crippen LogP contribution in [0.25, 0.3) is 5.69 Å². The molecule has 0 radical (unpaired) electrons. The maximum absolute atomic E-state index is 9.42. The van der Waals surface area contributed by atoms with Crippen molar-refractivity contribution in [2.75, 3.05) is 13.2 Å². The largest absolute Gasteiger partial charge is 0.396 e. The first-order valence-electron chi connectivity index (χ1n) is 10.2. The second kappa shape index (κ2) is 9.17. The second-order valence-corrected chi connectivity index (χ2v) is 8.89. The van der Waals surface area contributed by atoms with E-state index in [0.29, 0.717) is 28.1 Å². The van der Waals surface area contributed by atoms with Crippen molar-refractivity contribution in [2.24, 2.45) is 0 Å². The Labute approximate surface area is 197 Å². The first kappa shape index (κ1) is 22.1. The van der Waals surface area contributed by atoms with Crippen LogP contribution in [0.15, 0.2) is 48.7 Å². The molecule has 1 aliphatic heterocycles. The monoisotopic (exact) mass is 474 g/mol. The summed E-state index contributed by atoms with van der Waals surface area (Å²) in [7, 11) is 0. The fourth-order valence-corrected chi connectivity index (χ4v) is 5.17. The van der Waals surface area contributed by atoms with Crippen LogP contribution in [0.4, 0.5) is 0 Å². The van der Waals surface area contributed by atoms with Crippen molar-refractivity contribution in [3.63, 3.8) is 0 Å². The lowest BCUT2D eigenvalue weighted by Crippen LogP contribution is -2.31. The number of nitrogens with one attached hydrogen (secondary N) is 1. The van der Waals surface area contributed by atoms with E-state index in [2.05, 4.69) is 39.7 Å². The Kier molecular flexibility index (Phi) is 6.53. The quantitative estimate of drug-likeness (QED) is 0.483. The fourth-order valence-electron chi connectivity index (χ4n) is 4.35. The molecular weight excluding hydrogens is 451 g/mol. The summed E-state index contributed by atoms with van der Waals surface area (Å²) in [6.07, 6.45) is 2.43. The van der Waals surface area contributed by atoms with Gasteiger partial charge in [0.2, 0.25) is 0 Å². The van der Waals surface area contributed by atoms with Gasteiger partial charge in [-0.3, -0.25) is 4.98 Å². The number of aryl methyl sites for hydroxylation is 1. The zero-order valence-corrected chi connectivity index (χ0v) is 19.7. The molecule has 3 heterocycles. The maximum Gasteiger partial charge on any atom is 0.170 e. The minimum Gasteiger partial charge on any atom is -0.396 e. The molecule has 3 aromatic rings. The molecule has 8 heteroatoms. The van der Waals surface area contributed by atoms with Gasteiger partial charge in [0.25, 0.3) is 0 Å². The van der Waals surface area contributed by atoms with Gasteiger partial charge in [-0.2, -0.15) is 0 Å². The van der Waals surface area contributed by atoms with Gasteiger partial charge in [0.1, 0.15) is 0 Å². The maximum atomic E-state index is 9.42. The molecule has 5 nitrogen and oxygen atoms in total. The lowest BCUT2D eigenvalue weighted by Gasteiger charge is -2.28. The van der Waals surface area contributed by atoms with Gasteiger partial charge in [0.05, 0.1) is 28.5 Å². The topological polar surface area (TPSA) is 53.3 Å². The number of aliphatic hydroxyl groups is 1. The molecule has 0 bridgehead atoms. The van der Waals surface area contributed by atoms with Gasteiger partial charge >= 0.3 is 0 Å². The molecule has 2 aromatic heterocycles. The Morgan fingerprint density at radius 2 is 1.97 bits per heavy atom. The lowest BCUT2D eigenvalue weighted by molar-refractivity contribution is 0.247. The number of halogens is 2. The van der Waals surface area contributed by atoms with E-state index in [1.807, 2.05) is 30.3 Å². The molecule has 1 aromatic carbocycles.